The maximum atomic E-state index is 13.8. The van der Waals surface area contributed by atoms with E-state index in [4.69, 9.17) is 0 Å². The van der Waals surface area contributed by atoms with Gasteiger partial charge < -0.3 is 4.90 Å². The Balaban J connectivity index is 1.81. The topological polar surface area (TPSA) is 33.2 Å². The lowest BCUT2D eigenvalue weighted by Crippen LogP contribution is -2.26. The lowest BCUT2D eigenvalue weighted by Gasteiger charge is -2.17. The Kier molecular flexibility index (Phi) is 4.73. The number of amides is 1. The van der Waals surface area contributed by atoms with Gasteiger partial charge in [0.2, 0.25) is 0 Å². The minimum Gasteiger partial charge on any atom is -0.337 e. The smallest absolute Gasteiger partial charge is 0.265 e. The van der Waals surface area contributed by atoms with E-state index in [-0.39, 0.29) is 18.0 Å². The van der Waals surface area contributed by atoms with Gasteiger partial charge in [0, 0.05) is 25.2 Å². The van der Waals surface area contributed by atoms with Gasteiger partial charge in [-0.2, -0.15) is 0 Å². The number of halogens is 2. The summed E-state index contributed by atoms with van der Waals surface area (Å²) in [5.74, 6) is -1.52. The SMILES string of the molecule is Cc1nc(-c2cccs2)sc1C(=O)N(C)Cc1ccc(F)cc1F. The number of aryl methyl sites for hydroxylation is 1. The summed E-state index contributed by atoms with van der Waals surface area (Å²) in [6.07, 6.45) is 0. The second-order valence-corrected chi connectivity index (χ2v) is 7.25. The highest BCUT2D eigenvalue weighted by atomic mass is 32.1. The summed E-state index contributed by atoms with van der Waals surface area (Å²) < 4.78 is 26.7. The van der Waals surface area contributed by atoms with Crippen molar-refractivity contribution in [3.63, 3.8) is 0 Å². The van der Waals surface area contributed by atoms with Crippen LogP contribution in [0.5, 0.6) is 0 Å². The molecule has 3 aromatic rings. The zero-order valence-corrected chi connectivity index (χ0v) is 14.7. The third kappa shape index (κ3) is 3.37. The van der Waals surface area contributed by atoms with Gasteiger partial charge in [0.1, 0.15) is 21.5 Å². The molecule has 3 nitrogen and oxygen atoms in total. The van der Waals surface area contributed by atoms with Crippen LogP contribution in [0.3, 0.4) is 0 Å². The van der Waals surface area contributed by atoms with E-state index >= 15 is 0 Å². The highest BCUT2D eigenvalue weighted by Crippen LogP contribution is 2.31. The average Bonchev–Trinajstić information content (AvgIpc) is 3.18. The number of carbonyl (C=O) groups excluding carboxylic acids is 1. The molecule has 0 aliphatic rings. The number of carbonyl (C=O) groups is 1. The number of hydrogen-bond acceptors (Lipinski definition) is 4. The molecule has 2 aromatic heterocycles. The summed E-state index contributed by atoms with van der Waals surface area (Å²) >= 11 is 2.89. The number of aromatic nitrogens is 1. The van der Waals surface area contributed by atoms with Crippen molar-refractivity contribution in [2.24, 2.45) is 0 Å². The molecule has 3 rings (SSSR count). The number of thiophene rings is 1. The Hall–Kier alpha value is -2.12. The van der Waals surface area contributed by atoms with Crippen molar-refractivity contribution in [1.82, 2.24) is 9.88 Å². The molecule has 0 bridgehead atoms. The molecule has 0 N–H and O–H groups in total. The van der Waals surface area contributed by atoms with Crippen molar-refractivity contribution < 1.29 is 13.6 Å². The fraction of sp³-hybridized carbons (Fsp3) is 0.176. The Morgan fingerprint density at radius 2 is 2.08 bits per heavy atom. The molecule has 1 amide bonds. The first-order valence-electron chi connectivity index (χ1n) is 7.16. The second kappa shape index (κ2) is 6.78. The zero-order chi connectivity index (χ0) is 17.3. The molecule has 0 atom stereocenters. The Morgan fingerprint density at radius 3 is 2.75 bits per heavy atom. The third-order valence-corrected chi connectivity index (χ3v) is 5.68. The molecule has 0 unspecified atom stereocenters. The standard InChI is InChI=1S/C17H14F2N2OS2/c1-10-15(24-16(20-10)14-4-3-7-23-14)17(22)21(2)9-11-5-6-12(18)8-13(11)19/h3-8H,9H2,1-2H3. The van der Waals surface area contributed by atoms with Gasteiger partial charge in [0.15, 0.2) is 0 Å². The number of rotatable bonds is 4. The van der Waals surface area contributed by atoms with Gasteiger partial charge in [-0.3, -0.25) is 4.79 Å². The molecule has 0 aliphatic heterocycles. The lowest BCUT2D eigenvalue weighted by atomic mass is 10.2. The van der Waals surface area contributed by atoms with E-state index in [1.54, 1.807) is 25.3 Å². The van der Waals surface area contributed by atoms with Crippen LogP contribution in [-0.2, 0) is 6.54 Å². The van der Waals surface area contributed by atoms with Crippen molar-refractivity contribution in [2.75, 3.05) is 7.05 Å². The molecule has 0 aliphatic carbocycles. The van der Waals surface area contributed by atoms with Crippen molar-refractivity contribution in [1.29, 1.82) is 0 Å². The van der Waals surface area contributed by atoms with Gasteiger partial charge in [-0.1, -0.05) is 12.1 Å². The highest BCUT2D eigenvalue weighted by Gasteiger charge is 2.21. The summed E-state index contributed by atoms with van der Waals surface area (Å²) in [5, 5.41) is 2.75. The molecule has 0 saturated heterocycles. The van der Waals surface area contributed by atoms with Crippen molar-refractivity contribution in [3.05, 3.63) is 63.5 Å². The predicted molar refractivity (Wildman–Crippen MR) is 92.3 cm³/mol. The van der Waals surface area contributed by atoms with E-state index in [0.717, 1.165) is 16.0 Å². The summed E-state index contributed by atoms with van der Waals surface area (Å²) in [6, 6.07) is 7.24. The van der Waals surface area contributed by atoms with E-state index < -0.39 is 11.6 Å². The molecular weight excluding hydrogens is 350 g/mol. The molecule has 0 saturated carbocycles. The summed E-state index contributed by atoms with van der Waals surface area (Å²) in [5.41, 5.74) is 0.924. The quantitative estimate of drug-likeness (QED) is 0.670. The van der Waals surface area contributed by atoms with Crippen molar-refractivity contribution >= 4 is 28.6 Å². The fourth-order valence-corrected chi connectivity index (χ4v) is 4.11. The summed E-state index contributed by atoms with van der Waals surface area (Å²) in [4.78, 5) is 20.0. The van der Waals surface area contributed by atoms with Gasteiger partial charge in [-0.25, -0.2) is 13.8 Å². The molecule has 124 valence electrons. The number of thiazole rings is 1. The van der Waals surface area contributed by atoms with Crippen LogP contribution >= 0.6 is 22.7 Å². The first-order valence-corrected chi connectivity index (χ1v) is 8.86. The molecule has 1 aromatic carbocycles. The van der Waals surface area contributed by atoms with Gasteiger partial charge in [0.05, 0.1) is 10.6 Å². The van der Waals surface area contributed by atoms with Crippen LogP contribution in [0.4, 0.5) is 8.78 Å². The predicted octanol–water partition coefficient (Wildman–Crippen LogP) is 4.73. The summed E-state index contributed by atoms with van der Waals surface area (Å²) in [7, 11) is 1.59. The maximum Gasteiger partial charge on any atom is 0.265 e. The Morgan fingerprint density at radius 1 is 1.29 bits per heavy atom. The largest absolute Gasteiger partial charge is 0.337 e. The number of nitrogens with zero attached hydrogens (tertiary/aromatic N) is 2. The molecule has 0 fully saturated rings. The van der Waals surface area contributed by atoms with Crippen LogP contribution in [-0.4, -0.2) is 22.8 Å². The molecule has 0 radical (unpaired) electrons. The van der Waals surface area contributed by atoms with Crippen LogP contribution < -0.4 is 0 Å². The van der Waals surface area contributed by atoms with Crippen LogP contribution in [0.15, 0.2) is 35.7 Å². The molecule has 24 heavy (non-hydrogen) atoms. The van der Waals surface area contributed by atoms with Gasteiger partial charge >= 0.3 is 0 Å². The monoisotopic (exact) mass is 364 g/mol. The minimum atomic E-state index is -0.657. The Bertz CT molecular complexity index is 875. The van der Waals surface area contributed by atoms with Crippen LogP contribution in [0.1, 0.15) is 20.9 Å². The second-order valence-electron chi connectivity index (χ2n) is 5.31. The fourth-order valence-electron chi connectivity index (χ4n) is 2.25. The normalized spacial score (nSPS) is 10.8. The minimum absolute atomic E-state index is 0.0661. The zero-order valence-electron chi connectivity index (χ0n) is 13.0. The van der Waals surface area contributed by atoms with Crippen molar-refractivity contribution in [3.8, 4) is 9.88 Å². The first-order chi connectivity index (χ1) is 11.5. The van der Waals surface area contributed by atoms with Crippen LogP contribution in [0.2, 0.25) is 0 Å². The molecule has 7 heteroatoms. The van der Waals surface area contributed by atoms with E-state index in [0.29, 0.717) is 10.6 Å². The molecule has 0 spiro atoms. The number of hydrogen-bond donors (Lipinski definition) is 0. The van der Waals surface area contributed by atoms with Gasteiger partial charge in [0.25, 0.3) is 5.91 Å². The van der Waals surface area contributed by atoms with E-state index in [1.165, 1.54) is 28.4 Å². The van der Waals surface area contributed by atoms with E-state index in [9.17, 15) is 13.6 Å². The maximum absolute atomic E-state index is 13.8. The van der Waals surface area contributed by atoms with E-state index in [1.807, 2.05) is 17.5 Å². The molecular formula is C17H14F2N2OS2. The van der Waals surface area contributed by atoms with Crippen molar-refractivity contribution in [2.45, 2.75) is 13.5 Å². The lowest BCUT2D eigenvalue weighted by molar-refractivity contribution is 0.0787. The van der Waals surface area contributed by atoms with Crippen LogP contribution in [0.25, 0.3) is 9.88 Å². The van der Waals surface area contributed by atoms with Gasteiger partial charge in [-0.15, -0.1) is 22.7 Å². The van der Waals surface area contributed by atoms with Crippen LogP contribution in [0, 0.1) is 18.6 Å². The molecule has 2 heterocycles. The summed E-state index contributed by atoms with van der Waals surface area (Å²) in [6.45, 7) is 1.85. The Labute approximate surface area is 146 Å². The first kappa shape index (κ1) is 16.7. The van der Waals surface area contributed by atoms with Gasteiger partial charge in [-0.05, 0) is 24.4 Å². The highest BCUT2D eigenvalue weighted by molar-refractivity contribution is 7.22. The number of benzene rings is 1. The third-order valence-electron chi connectivity index (χ3n) is 3.49. The van der Waals surface area contributed by atoms with E-state index in [2.05, 4.69) is 4.98 Å². The average molecular weight is 364 g/mol.